The van der Waals surface area contributed by atoms with E-state index >= 15 is 0 Å². The molecule has 1 atom stereocenters. The van der Waals surface area contributed by atoms with E-state index in [0.29, 0.717) is 19.3 Å². The van der Waals surface area contributed by atoms with E-state index in [2.05, 4.69) is 179 Å². The van der Waals surface area contributed by atoms with Crippen molar-refractivity contribution < 1.29 is 28.6 Å². The normalized spacial score (nSPS) is 13.4. The van der Waals surface area contributed by atoms with Gasteiger partial charge in [-0.3, -0.25) is 14.4 Å². The van der Waals surface area contributed by atoms with E-state index in [9.17, 15) is 14.4 Å². The Morgan fingerprint density at radius 1 is 0.304 bits per heavy atom. The van der Waals surface area contributed by atoms with Crippen LogP contribution in [0.1, 0.15) is 201 Å². The van der Waals surface area contributed by atoms with Crippen molar-refractivity contribution in [2.45, 2.75) is 207 Å². The zero-order chi connectivity index (χ0) is 50.0. The van der Waals surface area contributed by atoms with Gasteiger partial charge in [-0.2, -0.15) is 0 Å². The van der Waals surface area contributed by atoms with Gasteiger partial charge in [0.1, 0.15) is 13.2 Å². The maximum Gasteiger partial charge on any atom is 0.306 e. The van der Waals surface area contributed by atoms with Crippen LogP contribution in [0.3, 0.4) is 0 Å². The van der Waals surface area contributed by atoms with Crippen molar-refractivity contribution in [3.63, 3.8) is 0 Å². The zero-order valence-corrected chi connectivity index (χ0v) is 43.8. The molecule has 0 aliphatic rings. The SMILES string of the molecule is CC/C=C\C/C=C\C/C=C\C/C=C\C/C=C\CCCC(=O)OC[C@H](COC(=O)CCC/C=C\C/C=C\C/C=C\CCCCCCCC)OC(=O)CCC/C=C\C/C=C\C/C=C\C/C=C\C/C=C\CC. The van der Waals surface area contributed by atoms with Gasteiger partial charge in [0.15, 0.2) is 6.10 Å². The molecule has 0 aliphatic carbocycles. The second kappa shape index (κ2) is 55.6. The maximum atomic E-state index is 12.8. The van der Waals surface area contributed by atoms with Gasteiger partial charge in [-0.15, -0.1) is 0 Å². The van der Waals surface area contributed by atoms with Crippen molar-refractivity contribution in [3.05, 3.63) is 158 Å². The summed E-state index contributed by atoms with van der Waals surface area (Å²) in [6.07, 6.45) is 81.0. The third-order valence-electron chi connectivity index (χ3n) is 10.5. The van der Waals surface area contributed by atoms with E-state index in [1.54, 1.807) is 0 Å². The standard InChI is InChI=1S/C63H96O6/c1-4-7-10-13-16-19-22-25-28-31-34-37-40-43-46-49-52-55-61(64)67-58-60(69-63(66)57-54-51-48-45-42-39-36-33-30-27-24-21-18-15-12-9-6-3)59-68-62(65)56-53-50-47-44-41-38-35-32-29-26-23-20-17-14-11-8-5-2/h7,9-10,12,16,18-19,21,25-30,34-39,43-48,60H,4-6,8,11,13-15,17,20,22-24,31-33,40-42,49-59H2,1-3H3/b10-7-,12-9-,19-16-,21-18-,28-25-,29-26-,30-27-,37-34-,38-35-,39-36-,46-43-,47-44-,48-45-/t60-/m1/s1. The van der Waals surface area contributed by atoms with Gasteiger partial charge in [0, 0.05) is 19.3 Å². The van der Waals surface area contributed by atoms with Crippen molar-refractivity contribution in [1.29, 1.82) is 0 Å². The molecule has 69 heavy (non-hydrogen) atoms. The maximum absolute atomic E-state index is 12.8. The van der Waals surface area contributed by atoms with Gasteiger partial charge < -0.3 is 14.2 Å². The summed E-state index contributed by atoms with van der Waals surface area (Å²) in [5.74, 6) is -1.13. The van der Waals surface area contributed by atoms with Crippen molar-refractivity contribution in [2.75, 3.05) is 13.2 Å². The Kier molecular flexibility index (Phi) is 51.6. The molecule has 384 valence electrons. The minimum atomic E-state index is -0.859. The average Bonchev–Trinajstić information content (AvgIpc) is 3.35. The number of allylic oxidation sites excluding steroid dienone is 26. The van der Waals surface area contributed by atoms with Crippen LogP contribution in [0, 0.1) is 0 Å². The van der Waals surface area contributed by atoms with Crippen LogP contribution in [0.5, 0.6) is 0 Å². The fourth-order valence-electron chi connectivity index (χ4n) is 6.53. The van der Waals surface area contributed by atoms with E-state index in [4.69, 9.17) is 14.2 Å². The molecule has 0 fully saturated rings. The summed E-state index contributed by atoms with van der Waals surface area (Å²) < 4.78 is 16.7. The predicted octanol–water partition coefficient (Wildman–Crippen LogP) is 18.2. The summed E-state index contributed by atoms with van der Waals surface area (Å²) in [5.41, 5.74) is 0. The molecule has 0 bridgehead atoms. The predicted molar refractivity (Wildman–Crippen MR) is 297 cm³/mol. The van der Waals surface area contributed by atoms with Crippen molar-refractivity contribution >= 4 is 17.9 Å². The molecule has 6 nitrogen and oxygen atoms in total. The topological polar surface area (TPSA) is 78.9 Å². The lowest BCUT2D eigenvalue weighted by molar-refractivity contribution is -0.166. The van der Waals surface area contributed by atoms with E-state index in [-0.39, 0.29) is 44.4 Å². The Morgan fingerprint density at radius 3 is 0.884 bits per heavy atom. The van der Waals surface area contributed by atoms with Crippen LogP contribution in [0.4, 0.5) is 0 Å². The number of carbonyl (C=O) groups is 3. The lowest BCUT2D eigenvalue weighted by atomic mass is 10.1. The highest BCUT2D eigenvalue weighted by atomic mass is 16.6. The first-order valence-corrected chi connectivity index (χ1v) is 27.0. The second-order valence-corrected chi connectivity index (χ2v) is 17.0. The Balaban J connectivity index is 4.68. The van der Waals surface area contributed by atoms with Crippen LogP contribution in [0.25, 0.3) is 0 Å². The second-order valence-electron chi connectivity index (χ2n) is 17.0. The van der Waals surface area contributed by atoms with E-state index < -0.39 is 12.1 Å². The number of unbranched alkanes of at least 4 members (excludes halogenated alkanes) is 9. The molecule has 0 saturated heterocycles. The fraction of sp³-hybridized carbons (Fsp3) is 0.540. The number of ether oxygens (including phenoxy) is 3. The molecule has 0 aromatic heterocycles. The number of carbonyl (C=O) groups excluding carboxylic acids is 3. The molecule has 0 saturated carbocycles. The molecular formula is C63H96O6. The lowest BCUT2D eigenvalue weighted by Crippen LogP contribution is -2.30. The van der Waals surface area contributed by atoms with Gasteiger partial charge in [0.05, 0.1) is 0 Å². The number of rotatable bonds is 46. The third kappa shape index (κ3) is 53.8. The number of esters is 3. The number of hydrogen-bond acceptors (Lipinski definition) is 6. The summed E-state index contributed by atoms with van der Waals surface area (Å²) in [4.78, 5) is 38.0. The van der Waals surface area contributed by atoms with Crippen LogP contribution in [-0.4, -0.2) is 37.2 Å². The van der Waals surface area contributed by atoms with Gasteiger partial charge in [-0.1, -0.05) is 211 Å². The van der Waals surface area contributed by atoms with Gasteiger partial charge >= 0.3 is 17.9 Å². The molecule has 0 unspecified atom stereocenters. The van der Waals surface area contributed by atoms with Gasteiger partial charge in [-0.25, -0.2) is 0 Å². The monoisotopic (exact) mass is 949 g/mol. The molecule has 0 amide bonds. The Labute approximate surface area is 422 Å². The average molecular weight is 949 g/mol. The summed E-state index contributed by atoms with van der Waals surface area (Å²) in [7, 11) is 0. The van der Waals surface area contributed by atoms with Crippen molar-refractivity contribution in [3.8, 4) is 0 Å². The molecule has 0 rings (SSSR count). The molecule has 0 aromatic rings. The molecule has 0 N–H and O–H groups in total. The largest absolute Gasteiger partial charge is 0.462 e. The highest BCUT2D eigenvalue weighted by Crippen LogP contribution is 2.10. The van der Waals surface area contributed by atoms with Crippen molar-refractivity contribution in [2.24, 2.45) is 0 Å². The van der Waals surface area contributed by atoms with Gasteiger partial charge in [-0.05, 0) is 128 Å². The molecule has 0 aliphatic heterocycles. The van der Waals surface area contributed by atoms with Crippen LogP contribution in [-0.2, 0) is 28.6 Å². The molecule has 0 aromatic carbocycles. The van der Waals surface area contributed by atoms with Crippen LogP contribution < -0.4 is 0 Å². The number of hydrogen-bond donors (Lipinski definition) is 0. The highest BCUT2D eigenvalue weighted by Gasteiger charge is 2.19. The fourth-order valence-corrected chi connectivity index (χ4v) is 6.53. The summed E-state index contributed by atoms with van der Waals surface area (Å²) in [6, 6.07) is 0. The summed E-state index contributed by atoms with van der Waals surface area (Å²) >= 11 is 0. The molecule has 0 radical (unpaired) electrons. The summed E-state index contributed by atoms with van der Waals surface area (Å²) in [5, 5.41) is 0. The minimum absolute atomic E-state index is 0.152. The summed E-state index contributed by atoms with van der Waals surface area (Å²) in [6.45, 7) is 6.24. The van der Waals surface area contributed by atoms with Crippen LogP contribution >= 0.6 is 0 Å². The van der Waals surface area contributed by atoms with E-state index in [1.807, 2.05) is 0 Å². The van der Waals surface area contributed by atoms with Crippen molar-refractivity contribution in [1.82, 2.24) is 0 Å². The lowest BCUT2D eigenvalue weighted by Gasteiger charge is -2.18. The molecular weight excluding hydrogens is 853 g/mol. The molecule has 0 heterocycles. The Bertz CT molecular complexity index is 1610. The Hall–Kier alpha value is -4.97. The third-order valence-corrected chi connectivity index (χ3v) is 10.5. The highest BCUT2D eigenvalue weighted by molar-refractivity contribution is 5.71. The molecule has 6 heteroatoms. The zero-order valence-electron chi connectivity index (χ0n) is 43.8. The Morgan fingerprint density at radius 2 is 0.565 bits per heavy atom. The minimum Gasteiger partial charge on any atom is -0.462 e. The van der Waals surface area contributed by atoms with Gasteiger partial charge in [0.25, 0.3) is 0 Å². The van der Waals surface area contributed by atoms with E-state index in [0.717, 1.165) is 96.3 Å². The van der Waals surface area contributed by atoms with Gasteiger partial charge in [0.2, 0.25) is 0 Å². The first-order chi connectivity index (χ1) is 34.0. The quantitative estimate of drug-likeness (QED) is 0.0262. The smallest absolute Gasteiger partial charge is 0.306 e. The van der Waals surface area contributed by atoms with Crippen LogP contribution in [0.15, 0.2) is 158 Å². The van der Waals surface area contributed by atoms with E-state index in [1.165, 1.54) is 44.9 Å². The first kappa shape index (κ1) is 64.0. The van der Waals surface area contributed by atoms with Crippen LogP contribution in [0.2, 0.25) is 0 Å². The molecule has 0 spiro atoms. The first-order valence-electron chi connectivity index (χ1n) is 27.0.